The van der Waals surface area contributed by atoms with Crippen LogP contribution in [0.2, 0.25) is 0 Å². The Morgan fingerprint density at radius 3 is 2.80 bits per heavy atom. The Bertz CT molecular complexity index is 1170. The van der Waals surface area contributed by atoms with Crippen LogP contribution in [0.5, 0.6) is 0 Å². The number of nitrogens with zero attached hydrogens (tertiary/aromatic N) is 5. The van der Waals surface area contributed by atoms with E-state index in [1.807, 2.05) is 0 Å². The van der Waals surface area contributed by atoms with Crippen molar-refractivity contribution in [2.75, 3.05) is 20.2 Å². The molecule has 4 aromatic rings. The first-order valence-corrected chi connectivity index (χ1v) is 9.16. The zero-order valence-electron chi connectivity index (χ0n) is 16.1. The third kappa shape index (κ3) is 3.58. The number of rotatable bonds is 6. The van der Waals surface area contributed by atoms with Gasteiger partial charge in [-0.2, -0.15) is 9.78 Å². The maximum atomic E-state index is 14.2. The van der Waals surface area contributed by atoms with Crippen LogP contribution in [0.25, 0.3) is 28.7 Å². The van der Waals surface area contributed by atoms with Crippen LogP contribution in [0.1, 0.15) is 10.4 Å². The molecule has 0 aliphatic heterocycles. The number of aromatic nitrogens is 4. The molecule has 8 nitrogen and oxygen atoms in total. The molecule has 0 unspecified atom stereocenters. The molecule has 0 atom stereocenters. The Morgan fingerprint density at radius 2 is 2.07 bits per heavy atom. The minimum atomic E-state index is -0.407. The summed E-state index contributed by atoms with van der Waals surface area (Å²) in [6.45, 7) is 0.00113. The monoisotopic (exact) mass is 407 g/mol. The van der Waals surface area contributed by atoms with E-state index in [2.05, 4.69) is 15.1 Å². The largest absolute Gasteiger partial charge is 0.463 e. The SMILES string of the molecule is CN(CCO)C(=O)c1cnn(-c2nccc(-c3ccccc3F)n2)c1-c1ccco1. The van der Waals surface area contributed by atoms with Gasteiger partial charge in [0.25, 0.3) is 11.9 Å². The van der Waals surface area contributed by atoms with Crippen LogP contribution in [0.4, 0.5) is 4.39 Å². The average Bonchev–Trinajstić information content (AvgIpc) is 3.43. The highest BCUT2D eigenvalue weighted by Crippen LogP contribution is 2.28. The molecule has 30 heavy (non-hydrogen) atoms. The second-order valence-corrected chi connectivity index (χ2v) is 6.47. The minimum Gasteiger partial charge on any atom is -0.463 e. The second kappa shape index (κ2) is 8.26. The third-order valence-electron chi connectivity index (χ3n) is 4.52. The van der Waals surface area contributed by atoms with Crippen molar-refractivity contribution < 1.29 is 18.7 Å². The molecule has 1 aromatic carbocycles. The van der Waals surface area contributed by atoms with Crippen molar-refractivity contribution in [3.63, 3.8) is 0 Å². The highest BCUT2D eigenvalue weighted by atomic mass is 19.1. The van der Waals surface area contributed by atoms with Crippen LogP contribution in [0.15, 0.2) is 65.5 Å². The van der Waals surface area contributed by atoms with Gasteiger partial charge in [0.05, 0.1) is 30.3 Å². The lowest BCUT2D eigenvalue weighted by Crippen LogP contribution is -2.29. The average molecular weight is 407 g/mol. The number of halogens is 1. The molecule has 0 aliphatic carbocycles. The zero-order chi connectivity index (χ0) is 21.1. The molecular weight excluding hydrogens is 389 g/mol. The van der Waals surface area contributed by atoms with Crippen molar-refractivity contribution in [2.45, 2.75) is 0 Å². The first kappa shape index (κ1) is 19.5. The summed E-state index contributed by atoms with van der Waals surface area (Å²) in [6, 6.07) is 11.3. The Labute approximate surface area is 171 Å². The minimum absolute atomic E-state index is 0.158. The van der Waals surface area contributed by atoms with Gasteiger partial charge in [0.15, 0.2) is 5.76 Å². The van der Waals surface area contributed by atoms with Gasteiger partial charge in [-0.3, -0.25) is 4.79 Å². The summed E-state index contributed by atoms with van der Waals surface area (Å²) in [5.74, 6) is -0.193. The van der Waals surface area contributed by atoms with Crippen molar-refractivity contribution in [1.29, 1.82) is 0 Å². The Kier molecular flexibility index (Phi) is 5.36. The Morgan fingerprint density at radius 1 is 1.23 bits per heavy atom. The van der Waals surface area contributed by atoms with Crippen LogP contribution in [-0.2, 0) is 0 Å². The van der Waals surface area contributed by atoms with E-state index in [0.717, 1.165) is 0 Å². The van der Waals surface area contributed by atoms with Gasteiger partial charge < -0.3 is 14.4 Å². The number of aliphatic hydroxyl groups is 1. The second-order valence-electron chi connectivity index (χ2n) is 6.47. The predicted molar refractivity (Wildman–Crippen MR) is 106 cm³/mol. The molecule has 0 spiro atoms. The van der Waals surface area contributed by atoms with Gasteiger partial charge in [-0.05, 0) is 30.3 Å². The van der Waals surface area contributed by atoms with E-state index in [0.29, 0.717) is 22.7 Å². The Hall–Kier alpha value is -3.85. The fourth-order valence-electron chi connectivity index (χ4n) is 3.03. The summed E-state index contributed by atoms with van der Waals surface area (Å²) >= 11 is 0. The third-order valence-corrected chi connectivity index (χ3v) is 4.52. The number of hydrogen-bond donors (Lipinski definition) is 1. The van der Waals surface area contributed by atoms with Gasteiger partial charge in [-0.15, -0.1) is 0 Å². The summed E-state index contributed by atoms with van der Waals surface area (Å²) < 4.78 is 21.1. The van der Waals surface area contributed by atoms with Crippen molar-refractivity contribution in [1.82, 2.24) is 24.6 Å². The van der Waals surface area contributed by atoms with Gasteiger partial charge in [0.2, 0.25) is 0 Å². The molecule has 152 valence electrons. The van der Waals surface area contributed by atoms with E-state index in [4.69, 9.17) is 9.52 Å². The van der Waals surface area contributed by atoms with Crippen molar-refractivity contribution >= 4 is 5.91 Å². The predicted octanol–water partition coefficient (Wildman–Crippen LogP) is 2.79. The number of carbonyl (C=O) groups excluding carboxylic acids is 1. The van der Waals surface area contributed by atoms with Crippen LogP contribution in [0.3, 0.4) is 0 Å². The molecule has 0 saturated heterocycles. The van der Waals surface area contributed by atoms with Crippen LogP contribution in [0, 0.1) is 5.82 Å². The van der Waals surface area contributed by atoms with Gasteiger partial charge >= 0.3 is 0 Å². The Balaban J connectivity index is 1.83. The number of benzene rings is 1. The molecule has 0 aliphatic rings. The number of aliphatic hydroxyl groups excluding tert-OH is 1. The molecule has 1 amide bonds. The molecule has 0 fully saturated rings. The van der Waals surface area contributed by atoms with Gasteiger partial charge in [0, 0.05) is 25.4 Å². The summed E-state index contributed by atoms with van der Waals surface area (Å²) in [5, 5.41) is 13.4. The lowest BCUT2D eigenvalue weighted by molar-refractivity contribution is 0.0767. The topological polar surface area (TPSA) is 97.3 Å². The van der Waals surface area contributed by atoms with Crippen molar-refractivity contribution in [3.8, 4) is 28.7 Å². The van der Waals surface area contributed by atoms with E-state index in [9.17, 15) is 9.18 Å². The molecule has 0 saturated carbocycles. The molecule has 4 rings (SSSR count). The quantitative estimate of drug-likeness (QED) is 0.528. The first-order chi connectivity index (χ1) is 14.6. The van der Waals surface area contributed by atoms with Crippen LogP contribution < -0.4 is 0 Å². The molecular formula is C21H18FN5O3. The number of hydrogen-bond acceptors (Lipinski definition) is 6. The molecule has 1 N–H and O–H groups in total. The standard InChI is InChI=1S/C21H18FN5O3/c1-26(10-11-28)20(29)15-13-24-27(19(15)18-7-4-12-30-18)21-23-9-8-17(25-21)14-5-2-3-6-16(14)22/h2-9,12-13,28H,10-11H2,1H3. The number of furan rings is 1. The summed E-state index contributed by atoms with van der Waals surface area (Å²) in [4.78, 5) is 22.9. The van der Waals surface area contributed by atoms with Crippen LogP contribution >= 0.6 is 0 Å². The van der Waals surface area contributed by atoms with E-state index in [-0.39, 0.29) is 30.6 Å². The highest BCUT2D eigenvalue weighted by molar-refractivity contribution is 5.99. The summed E-state index contributed by atoms with van der Waals surface area (Å²) in [7, 11) is 1.58. The van der Waals surface area contributed by atoms with E-state index < -0.39 is 5.82 Å². The molecule has 3 aromatic heterocycles. The fraction of sp³-hybridized carbons (Fsp3) is 0.143. The molecule has 9 heteroatoms. The zero-order valence-corrected chi connectivity index (χ0v) is 16.1. The summed E-state index contributed by atoms with van der Waals surface area (Å²) in [6.07, 6.45) is 4.37. The summed E-state index contributed by atoms with van der Waals surface area (Å²) in [5.41, 5.74) is 1.33. The normalized spacial score (nSPS) is 10.9. The van der Waals surface area contributed by atoms with Gasteiger partial charge in [0.1, 0.15) is 11.5 Å². The van der Waals surface area contributed by atoms with E-state index in [1.54, 1.807) is 43.4 Å². The number of carbonyl (C=O) groups is 1. The lowest BCUT2D eigenvalue weighted by Gasteiger charge is -2.15. The number of amides is 1. The number of likely N-dealkylation sites (N-methyl/N-ethyl adjacent to an activating group) is 1. The maximum Gasteiger partial charge on any atom is 0.257 e. The van der Waals surface area contributed by atoms with Crippen molar-refractivity contribution in [3.05, 3.63) is 72.5 Å². The molecule has 0 radical (unpaired) electrons. The lowest BCUT2D eigenvalue weighted by atomic mass is 10.1. The van der Waals surface area contributed by atoms with E-state index in [1.165, 1.54) is 34.3 Å². The van der Waals surface area contributed by atoms with E-state index >= 15 is 0 Å². The van der Waals surface area contributed by atoms with Gasteiger partial charge in [-0.1, -0.05) is 12.1 Å². The maximum absolute atomic E-state index is 14.2. The first-order valence-electron chi connectivity index (χ1n) is 9.16. The van der Waals surface area contributed by atoms with Crippen LogP contribution in [-0.4, -0.2) is 55.9 Å². The highest BCUT2D eigenvalue weighted by Gasteiger charge is 2.25. The smallest absolute Gasteiger partial charge is 0.257 e. The fourth-order valence-corrected chi connectivity index (χ4v) is 3.03. The molecule has 3 heterocycles. The molecule has 0 bridgehead atoms. The van der Waals surface area contributed by atoms with Crippen molar-refractivity contribution in [2.24, 2.45) is 0 Å². The van der Waals surface area contributed by atoms with Gasteiger partial charge in [-0.25, -0.2) is 14.4 Å².